The van der Waals surface area contributed by atoms with Crippen molar-refractivity contribution in [1.82, 2.24) is 0 Å². The van der Waals surface area contributed by atoms with Crippen LogP contribution < -0.4 is 0 Å². The maximum absolute atomic E-state index is 13.2. The Labute approximate surface area is 181 Å². The number of hydrogen-bond donors (Lipinski definition) is 0. The van der Waals surface area contributed by atoms with Crippen molar-refractivity contribution in [2.45, 2.75) is 51.6 Å². The highest BCUT2D eigenvalue weighted by atomic mass is 19.4. The van der Waals surface area contributed by atoms with E-state index in [4.69, 9.17) is 4.74 Å². The van der Waals surface area contributed by atoms with Crippen molar-refractivity contribution in [3.8, 4) is 0 Å². The summed E-state index contributed by atoms with van der Waals surface area (Å²) in [7, 11) is 0. The predicted octanol–water partition coefficient (Wildman–Crippen LogP) is 5.94. The second-order valence-electron chi connectivity index (χ2n) is 8.43. The van der Waals surface area contributed by atoms with Crippen LogP contribution in [0.15, 0.2) is 48.6 Å². The first kappa shape index (κ1) is 23.3. The third-order valence-corrected chi connectivity index (χ3v) is 6.40. The van der Waals surface area contributed by atoms with Gasteiger partial charge in [-0.1, -0.05) is 42.5 Å². The minimum absolute atomic E-state index is 0.0718. The lowest BCUT2D eigenvalue weighted by Gasteiger charge is -2.33. The highest BCUT2D eigenvalue weighted by Gasteiger charge is 2.37. The maximum atomic E-state index is 13.2. The molecular formula is C25H29F3O3. The summed E-state index contributed by atoms with van der Waals surface area (Å²) < 4.78 is 44.3. The number of Topliss-reactive ketones (excluding diaryl/α,β-unsaturated/α-hetero) is 1. The number of carbonyl (C=O) groups excluding carboxylic acids is 2. The number of alkyl halides is 3. The zero-order chi connectivity index (χ0) is 22.4. The van der Waals surface area contributed by atoms with Gasteiger partial charge in [0.2, 0.25) is 0 Å². The molecule has 0 radical (unpaired) electrons. The third-order valence-electron chi connectivity index (χ3n) is 6.40. The molecule has 0 aromatic heterocycles. The monoisotopic (exact) mass is 434 g/mol. The molecule has 0 amide bonds. The fraction of sp³-hybridized carbons (Fsp3) is 0.520. The summed E-state index contributed by atoms with van der Waals surface area (Å²) >= 11 is 0. The molecule has 2 aliphatic rings. The number of allylic oxidation sites excluding steroid dienone is 4. The van der Waals surface area contributed by atoms with Crippen molar-refractivity contribution in [2.24, 2.45) is 23.7 Å². The number of ether oxygens (including phenoxy) is 1. The van der Waals surface area contributed by atoms with Gasteiger partial charge in [-0.15, -0.1) is 0 Å². The highest BCUT2D eigenvalue weighted by Crippen LogP contribution is 2.38. The molecule has 0 bridgehead atoms. The molecule has 0 aliphatic heterocycles. The van der Waals surface area contributed by atoms with Crippen molar-refractivity contribution in [1.29, 1.82) is 0 Å². The van der Waals surface area contributed by atoms with Crippen LogP contribution in [0.2, 0.25) is 0 Å². The van der Waals surface area contributed by atoms with Gasteiger partial charge in [-0.05, 0) is 68.9 Å². The number of halogens is 3. The number of carbonyl (C=O) groups is 2. The van der Waals surface area contributed by atoms with E-state index in [0.29, 0.717) is 30.2 Å². The van der Waals surface area contributed by atoms with Gasteiger partial charge < -0.3 is 4.74 Å². The summed E-state index contributed by atoms with van der Waals surface area (Å²) in [5.41, 5.74) is -0.468. The molecule has 0 spiro atoms. The largest absolute Gasteiger partial charge is 0.465 e. The van der Waals surface area contributed by atoms with Crippen LogP contribution in [-0.2, 0) is 26.9 Å². The van der Waals surface area contributed by atoms with Crippen molar-refractivity contribution < 1.29 is 27.5 Å². The summed E-state index contributed by atoms with van der Waals surface area (Å²) in [5.74, 6) is -1.15. The SMILES string of the molecule is CCOC(=O)C(Cc1cccc(C(F)(F)F)c1)C(=O)[C@H]1CC[C@H](C2C=CC=CC2)CC1. The van der Waals surface area contributed by atoms with Crippen LogP contribution in [0.1, 0.15) is 50.2 Å². The first-order chi connectivity index (χ1) is 14.8. The van der Waals surface area contributed by atoms with Gasteiger partial charge in [0.15, 0.2) is 5.78 Å². The Bertz CT molecular complexity index is 833. The van der Waals surface area contributed by atoms with E-state index in [1.165, 1.54) is 12.1 Å². The molecule has 1 fully saturated rings. The highest BCUT2D eigenvalue weighted by molar-refractivity contribution is 6.00. The van der Waals surface area contributed by atoms with Crippen molar-refractivity contribution in [3.05, 3.63) is 59.7 Å². The molecule has 0 N–H and O–H groups in total. The Balaban J connectivity index is 1.69. The quantitative estimate of drug-likeness (QED) is 0.394. The molecule has 2 aliphatic carbocycles. The number of esters is 1. The molecule has 2 atom stereocenters. The van der Waals surface area contributed by atoms with Gasteiger partial charge in [-0.2, -0.15) is 13.2 Å². The van der Waals surface area contributed by atoms with Crippen LogP contribution in [0.3, 0.4) is 0 Å². The number of ketones is 1. The van der Waals surface area contributed by atoms with Gasteiger partial charge in [-0.3, -0.25) is 9.59 Å². The molecule has 1 saturated carbocycles. The van der Waals surface area contributed by atoms with E-state index in [2.05, 4.69) is 18.2 Å². The van der Waals surface area contributed by atoms with E-state index >= 15 is 0 Å². The van der Waals surface area contributed by atoms with E-state index in [1.54, 1.807) is 6.92 Å². The summed E-state index contributed by atoms with van der Waals surface area (Å²) in [5, 5.41) is 0. The maximum Gasteiger partial charge on any atom is 0.416 e. The Morgan fingerprint density at radius 2 is 1.87 bits per heavy atom. The number of hydrogen-bond acceptors (Lipinski definition) is 3. The lowest BCUT2D eigenvalue weighted by Crippen LogP contribution is -2.35. The topological polar surface area (TPSA) is 43.4 Å². The molecule has 31 heavy (non-hydrogen) atoms. The zero-order valence-corrected chi connectivity index (χ0v) is 17.7. The first-order valence-electron chi connectivity index (χ1n) is 11.0. The Hall–Kier alpha value is -2.37. The van der Waals surface area contributed by atoms with E-state index in [0.717, 1.165) is 31.4 Å². The van der Waals surface area contributed by atoms with E-state index in [-0.39, 0.29) is 24.7 Å². The third kappa shape index (κ3) is 6.08. The van der Waals surface area contributed by atoms with Gasteiger partial charge in [-0.25, -0.2) is 0 Å². The zero-order valence-electron chi connectivity index (χ0n) is 17.7. The van der Waals surface area contributed by atoms with Gasteiger partial charge in [0, 0.05) is 5.92 Å². The smallest absolute Gasteiger partial charge is 0.416 e. The molecular weight excluding hydrogens is 405 g/mol. The number of rotatable bonds is 7. The summed E-state index contributed by atoms with van der Waals surface area (Å²) in [6, 6.07) is 4.83. The first-order valence-corrected chi connectivity index (χ1v) is 11.0. The molecule has 3 rings (SSSR count). The standard InChI is InChI=1S/C25H29F3O3/c1-2-31-24(30)22(16-17-7-6-10-21(15-17)25(26,27)28)23(29)20-13-11-19(12-14-20)18-8-4-3-5-9-18/h3-8,10,15,18-20,22H,2,9,11-14,16H2,1H3/t18?,19-,20-,22?. The lowest BCUT2D eigenvalue weighted by molar-refractivity contribution is -0.153. The fourth-order valence-electron chi connectivity index (χ4n) is 4.72. The summed E-state index contributed by atoms with van der Waals surface area (Å²) in [4.78, 5) is 25.8. The Morgan fingerprint density at radius 1 is 1.13 bits per heavy atom. The van der Waals surface area contributed by atoms with E-state index in [1.807, 2.05) is 6.08 Å². The molecule has 0 heterocycles. The summed E-state index contributed by atoms with van der Waals surface area (Å²) in [6.07, 6.45) is 8.21. The van der Waals surface area contributed by atoms with Crippen molar-refractivity contribution >= 4 is 11.8 Å². The lowest BCUT2D eigenvalue weighted by atomic mass is 9.71. The van der Waals surface area contributed by atoms with Crippen LogP contribution in [0.4, 0.5) is 13.2 Å². The second kappa shape index (κ2) is 10.3. The minimum atomic E-state index is -4.47. The van der Waals surface area contributed by atoms with E-state index < -0.39 is 23.6 Å². The van der Waals surface area contributed by atoms with Crippen LogP contribution in [0.25, 0.3) is 0 Å². The van der Waals surface area contributed by atoms with Crippen LogP contribution in [0, 0.1) is 23.7 Å². The average molecular weight is 434 g/mol. The normalized spacial score (nSPS) is 24.6. The van der Waals surface area contributed by atoms with E-state index in [9.17, 15) is 22.8 Å². The summed E-state index contributed by atoms with van der Waals surface area (Å²) in [6.45, 7) is 1.78. The molecule has 1 aromatic rings. The van der Waals surface area contributed by atoms with Crippen LogP contribution in [0.5, 0.6) is 0 Å². The van der Waals surface area contributed by atoms with Gasteiger partial charge in [0.1, 0.15) is 5.92 Å². The average Bonchev–Trinajstić information content (AvgIpc) is 2.77. The Kier molecular flexibility index (Phi) is 7.74. The number of benzene rings is 1. The van der Waals surface area contributed by atoms with Crippen molar-refractivity contribution in [2.75, 3.05) is 6.61 Å². The fourth-order valence-corrected chi connectivity index (χ4v) is 4.72. The van der Waals surface area contributed by atoms with Gasteiger partial charge in [0.25, 0.3) is 0 Å². The minimum Gasteiger partial charge on any atom is -0.465 e. The molecule has 0 saturated heterocycles. The van der Waals surface area contributed by atoms with Gasteiger partial charge in [0.05, 0.1) is 12.2 Å². The second-order valence-corrected chi connectivity index (χ2v) is 8.43. The molecule has 168 valence electrons. The molecule has 1 aromatic carbocycles. The molecule has 3 nitrogen and oxygen atoms in total. The predicted molar refractivity (Wildman–Crippen MR) is 112 cm³/mol. The van der Waals surface area contributed by atoms with Crippen LogP contribution >= 0.6 is 0 Å². The Morgan fingerprint density at radius 3 is 2.48 bits per heavy atom. The molecule has 6 heteroatoms. The van der Waals surface area contributed by atoms with Gasteiger partial charge >= 0.3 is 12.1 Å². The van der Waals surface area contributed by atoms with Crippen molar-refractivity contribution in [3.63, 3.8) is 0 Å². The molecule has 2 unspecified atom stereocenters. The van der Waals surface area contributed by atoms with Crippen LogP contribution in [-0.4, -0.2) is 18.4 Å².